The number of aromatic nitrogens is 3. The van der Waals surface area contributed by atoms with Crippen LogP contribution in [0.15, 0.2) is 54.6 Å². The molecule has 188 valence electrons. The maximum absolute atomic E-state index is 12.2. The summed E-state index contributed by atoms with van der Waals surface area (Å²) in [5, 5.41) is 7.00. The summed E-state index contributed by atoms with van der Waals surface area (Å²) in [7, 11) is 0. The average molecular weight is 487 g/mol. The van der Waals surface area contributed by atoms with Crippen molar-refractivity contribution in [3.05, 3.63) is 66.0 Å². The first-order valence-corrected chi connectivity index (χ1v) is 12.9. The lowest BCUT2D eigenvalue weighted by atomic mass is 10.1. The van der Waals surface area contributed by atoms with E-state index in [1.54, 1.807) is 0 Å². The summed E-state index contributed by atoms with van der Waals surface area (Å²) in [6, 6.07) is 18.4. The van der Waals surface area contributed by atoms with Gasteiger partial charge in [-0.3, -0.25) is 0 Å². The van der Waals surface area contributed by atoms with E-state index in [0.29, 0.717) is 38.0 Å². The van der Waals surface area contributed by atoms with Crippen molar-refractivity contribution in [2.24, 2.45) is 0 Å². The van der Waals surface area contributed by atoms with E-state index in [4.69, 9.17) is 15.5 Å². The number of benzene rings is 2. The Kier molecular flexibility index (Phi) is 7.32. The zero-order chi connectivity index (χ0) is 24.9. The number of unbranched alkanes of at least 4 members (excludes halogenated alkanes) is 1. The number of carbonyl (C=O) groups is 1. The first-order valence-electron chi connectivity index (χ1n) is 12.9. The van der Waals surface area contributed by atoms with Crippen molar-refractivity contribution >= 4 is 33.8 Å². The van der Waals surface area contributed by atoms with E-state index in [2.05, 4.69) is 45.3 Å². The van der Waals surface area contributed by atoms with Crippen molar-refractivity contribution < 1.29 is 9.53 Å². The Balaban J connectivity index is 1.14. The van der Waals surface area contributed by atoms with Gasteiger partial charge in [-0.1, -0.05) is 61.9 Å². The second-order valence-corrected chi connectivity index (χ2v) is 9.37. The molecule has 0 spiro atoms. The number of fused-ring (bicyclic) bond motifs is 3. The summed E-state index contributed by atoms with van der Waals surface area (Å²) in [5.74, 6) is 1.89. The van der Waals surface area contributed by atoms with Crippen molar-refractivity contribution in [1.82, 2.24) is 25.2 Å². The molecule has 4 aromatic rings. The Morgan fingerprint density at radius 2 is 1.92 bits per heavy atom. The van der Waals surface area contributed by atoms with E-state index in [1.807, 2.05) is 36.4 Å². The number of hydrogen-bond acceptors (Lipinski definition) is 5. The molecule has 36 heavy (non-hydrogen) atoms. The molecule has 8 heteroatoms. The summed E-state index contributed by atoms with van der Waals surface area (Å²) in [4.78, 5) is 21.6. The lowest BCUT2D eigenvalue weighted by Gasteiger charge is -2.12. The van der Waals surface area contributed by atoms with Crippen LogP contribution in [0.5, 0.6) is 0 Å². The van der Waals surface area contributed by atoms with Gasteiger partial charge in [0.15, 0.2) is 5.82 Å². The van der Waals surface area contributed by atoms with Crippen LogP contribution < -0.4 is 16.4 Å². The normalized spacial score (nSPS) is 16.9. The van der Waals surface area contributed by atoms with E-state index in [1.165, 1.54) is 5.56 Å². The van der Waals surface area contributed by atoms with Gasteiger partial charge in [0.05, 0.1) is 24.2 Å². The van der Waals surface area contributed by atoms with E-state index >= 15 is 0 Å². The maximum atomic E-state index is 12.2. The number of amides is 2. The highest BCUT2D eigenvalue weighted by Crippen LogP contribution is 2.40. The van der Waals surface area contributed by atoms with Crippen molar-refractivity contribution in [2.45, 2.75) is 51.1 Å². The summed E-state index contributed by atoms with van der Waals surface area (Å²) >= 11 is 0. The Labute approximate surface area is 211 Å². The zero-order valence-electron chi connectivity index (χ0n) is 20.7. The van der Waals surface area contributed by atoms with Gasteiger partial charge in [-0.2, -0.15) is 0 Å². The Morgan fingerprint density at radius 3 is 2.75 bits per heavy atom. The number of para-hydroxylation sites is 1. The summed E-state index contributed by atoms with van der Waals surface area (Å²) in [6.07, 6.45) is 4.02. The molecule has 2 heterocycles. The fraction of sp³-hybridized carbons (Fsp3) is 0.393. The van der Waals surface area contributed by atoms with Gasteiger partial charge in [0, 0.05) is 36.9 Å². The van der Waals surface area contributed by atoms with Crippen LogP contribution in [-0.4, -0.2) is 46.4 Å². The Bertz CT molecular complexity index is 1340. The van der Waals surface area contributed by atoms with Crippen molar-refractivity contribution in [1.29, 1.82) is 0 Å². The minimum atomic E-state index is -0.140. The molecule has 2 aromatic heterocycles. The van der Waals surface area contributed by atoms with Gasteiger partial charge in [-0.25, -0.2) is 14.8 Å². The van der Waals surface area contributed by atoms with E-state index in [0.717, 1.165) is 53.4 Å². The third kappa shape index (κ3) is 5.28. The van der Waals surface area contributed by atoms with Gasteiger partial charge in [0.25, 0.3) is 0 Å². The number of aryl methyl sites for hydroxylation is 1. The molecule has 0 aliphatic heterocycles. The van der Waals surface area contributed by atoms with Crippen LogP contribution in [0.25, 0.3) is 21.9 Å². The van der Waals surface area contributed by atoms with E-state index < -0.39 is 0 Å². The standard InChI is InChI=1S/C28H34N6O2/c1-2-3-13-24-33-25-26(20-11-7-8-12-22(20)31-27(25)29)34(24)15-17-36-16-14-30-28(35)32-23-18-21(23)19-9-5-4-6-10-19/h4-12,21,23H,2-3,13-18H2,1H3,(H2,29,31)(H2,30,32,35)/t21-,23?/m1/s1. The number of nitrogens with zero attached hydrogens (tertiary/aromatic N) is 3. The number of nitrogens with two attached hydrogens (primary N) is 1. The minimum absolute atomic E-state index is 0.140. The lowest BCUT2D eigenvalue weighted by Crippen LogP contribution is -2.39. The number of imidazole rings is 1. The topological polar surface area (TPSA) is 107 Å². The molecule has 2 aromatic carbocycles. The van der Waals surface area contributed by atoms with Crippen molar-refractivity contribution in [3.8, 4) is 0 Å². The quantitative estimate of drug-likeness (QED) is 0.273. The minimum Gasteiger partial charge on any atom is -0.382 e. The Hall–Kier alpha value is -3.65. The molecule has 1 saturated carbocycles. The molecule has 0 bridgehead atoms. The second kappa shape index (κ2) is 11.0. The summed E-state index contributed by atoms with van der Waals surface area (Å²) < 4.78 is 8.11. The number of rotatable bonds is 11. The van der Waals surface area contributed by atoms with E-state index in [-0.39, 0.29) is 12.1 Å². The summed E-state index contributed by atoms with van der Waals surface area (Å²) in [6.45, 7) is 4.26. The highest BCUT2D eigenvalue weighted by atomic mass is 16.5. The highest BCUT2D eigenvalue weighted by molar-refractivity contribution is 6.06. The smallest absolute Gasteiger partial charge is 0.315 e. The van der Waals surface area contributed by atoms with Gasteiger partial charge in [-0.15, -0.1) is 0 Å². The number of nitrogen functional groups attached to an aromatic ring is 1. The number of hydrogen-bond donors (Lipinski definition) is 3. The van der Waals surface area contributed by atoms with Gasteiger partial charge in [-0.05, 0) is 24.5 Å². The molecular weight excluding hydrogens is 452 g/mol. The van der Waals surface area contributed by atoms with Gasteiger partial charge < -0.3 is 25.7 Å². The molecule has 0 saturated heterocycles. The predicted molar refractivity (Wildman–Crippen MR) is 143 cm³/mol. The first kappa shape index (κ1) is 24.1. The van der Waals surface area contributed by atoms with Gasteiger partial charge in [0.1, 0.15) is 11.3 Å². The monoisotopic (exact) mass is 486 g/mol. The van der Waals surface area contributed by atoms with Crippen LogP contribution in [-0.2, 0) is 17.7 Å². The number of pyridine rings is 1. The fourth-order valence-corrected chi connectivity index (χ4v) is 4.81. The zero-order valence-corrected chi connectivity index (χ0v) is 20.7. The second-order valence-electron chi connectivity index (χ2n) is 9.37. The molecule has 0 radical (unpaired) electrons. The molecule has 1 aliphatic rings. The van der Waals surface area contributed by atoms with E-state index in [9.17, 15) is 4.79 Å². The SMILES string of the molecule is CCCCc1nc2c(N)nc3ccccc3c2n1CCOCCNC(=O)NC1C[C@@H]1c1ccccc1. The molecule has 1 fully saturated rings. The fourth-order valence-electron chi connectivity index (χ4n) is 4.81. The summed E-state index contributed by atoms with van der Waals surface area (Å²) in [5.41, 5.74) is 10.2. The predicted octanol–water partition coefficient (Wildman–Crippen LogP) is 4.38. The number of ether oxygens (including phenoxy) is 1. The maximum Gasteiger partial charge on any atom is 0.315 e. The molecule has 5 rings (SSSR count). The van der Waals surface area contributed by atoms with Crippen LogP contribution in [0, 0.1) is 0 Å². The van der Waals surface area contributed by atoms with Gasteiger partial charge in [0.2, 0.25) is 0 Å². The number of urea groups is 1. The molecule has 2 amide bonds. The molecule has 2 atom stereocenters. The van der Waals surface area contributed by atoms with Gasteiger partial charge >= 0.3 is 6.03 Å². The average Bonchev–Trinajstić information content (AvgIpc) is 3.56. The first-order chi connectivity index (χ1) is 17.7. The number of anilines is 1. The third-order valence-electron chi connectivity index (χ3n) is 6.77. The molecule has 8 nitrogen and oxygen atoms in total. The van der Waals surface area contributed by atoms with Crippen LogP contribution in [0.2, 0.25) is 0 Å². The van der Waals surface area contributed by atoms with Crippen LogP contribution in [0.4, 0.5) is 10.6 Å². The number of carbonyl (C=O) groups excluding carboxylic acids is 1. The van der Waals surface area contributed by atoms with Crippen LogP contribution >= 0.6 is 0 Å². The largest absolute Gasteiger partial charge is 0.382 e. The molecule has 1 unspecified atom stereocenters. The number of nitrogens with one attached hydrogen (secondary N) is 2. The Morgan fingerprint density at radius 1 is 1.11 bits per heavy atom. The van der Waals surface area contributed by atoms with Crippen molar-refractivity contribution in [3.63, 3.8) is 0 Å². The highest BCUT2D eigenvalue weighted by Gasteiger charge is 2.39. The third-order valence-corrected chi connectivity index (χ3v) is 6.77. The molecule has 1 aliphatic carbocycles. The van der Waals surface area contributed by atoms with Crippen molar-refractivity contribution in [2.75, 3.05) is 25.5 Å². The van der Waals surface area contributed by atoms with Crippen LogP contribution in [0.1, 0.15) is 43.5 Å². The molecule has 4 N–H and O–H groups in total. The van der Waals surface area contributed by atoms with Crippen LogP contribution in [0.3, 0.4) is 0 Å². The lowest BCUT2D eigenvalue weighted by molar-refractivity contribution is 0.128. The molecular formula is C28H34N6O2.